The van der Waals surface area contributed by atoms with Gasteiger partial charge < -0.3 is 14.8 Å². The number of hydrogen-bond donors (Lipinski definition) is 2. The summed E-state index contributed by atoms with van der Waals surface area (Å²) in [6, 6.07) is 11.0. The molecule has 0 atom stereocenters. The van der Waals surface area contributed by atoms with Gasteiger partial charge in [0.05, 0.1) is 32.0 Å². The van der Waals surface area contributed by atoms with Crippen molar-refractivity contribution in [3.8, 4) is 22.8 Å². The van der Waals surface area contributed by atoms with Crippen molar-refractivity contribution < 1.29 is 14.3 Å². The second kappa shape index (κ2) is 7.69. The number of aryl methyl sites for hydroxylation is 1. The Bertz CT molecular complexity index is 906. The first-order chi connectivity index (χ1) is 12.6. The van der Waals surface area contributed by atoms with Crippen LogP contribution in [0.4, 0.5) is 5.69 Å². The Hall–Kier alpha value is -3.35. The Morgan fingerprint density at radius 1 is 1.15 bits per heavy atom. The molecule has 2 N–H and O–H groups in total. The number of carbonyl (C=O) groups is 1. The van der Waals surface area contributed by atoms with Crippen LogP contribution >= 0.6 is 0 Å². The molecule has 2 aromatic heterocycles. The van der Waals surface area contributed by atoms with Crippen molar-refractivity contribution in [2.24, 2.45) is 0 Å². The van der Waals surface area contributed by atoms with E-state index in [1.807, 2.05) is 37.3 Å². The number of pyridine rings is 1. The third-order valence-corrected chi connectivity index (χ3v) is 3.94. The largest absolute Gasteiger partial charge is 0.493 e. The zero-order valence-corrected chi connectivity index (χ0v) is 14.9. The molecule has 0 saturated carbocycles. The van der Waals surface area contributed by atoms with Gasteiger partial charge in [-0.05, 0) is 37.3 Å². The first kappa shape index (κ1) is 17.5. The maximum Gasteiger partial charge on any atom is 0.230 e. The summed E-state index contributed by atoms with van der Waals surface area (Å²) in [4.78, 5) is 16.6. The van der Waals surface area contributed by atoms with Crippen LogP contribution in [0.25, 0.3) is 11.3 Å². The summed E-state index contributed by atoms with van der Waals surface area (Å²) in [6.07, 6.45) is 1.86. The Morgan fingerprint density at radius 3 is 2.65 bits per heavy atom. The maximum absolute atomic E-state index is 12.4. The fourth-order valence-corrected chi connectivity index (χ4v) is 2.63. The van der Waals surface area contributed by atoms with Gasteiger partial charge in [-0.25, -0.2) is 0 Å². The lowest BCUT2D eigenvalue weighted by Crippen LogP contribution is -2.15. The molecule has 3 rings (SSSR count). The summed E-state index contributed by atoms with van der Waals surface area (Å²) in [5.41, 5.74) is 3.55. The molecular formula is C19H20N4O3. The Morgan fingerprint density at radius 2 is 1.96 bits per heavy atom. The molecule has 7 heteroatoms. The monoisotopic (exact) mass is 352 g/mol. The molecular weight excluding hydrogens is 332 g/mol. The van der Waals surface area contributed by atoms with E-state index in [4.69, 9.17) is 9.47 Å². The number of aromatic nitrogens is 3. The summed E-state index contributed by atoms with van der Waals surface area (Å²) >= 11 is 0. The number of rotatable bonds is 6. The molecule has 0 aliphatic heterocycles. The highest BCUT2D eigenvalue weighted by molar-refractivity contribution is 5.96. The van der Waals surface area contributed by atoms with Crippen LogP contribution in [0.15, 0.2) is 42.6 Å². The zero-order valence-electron chi connectivity index (χ0n) is 14.9. The molecule has 0 radical (unpaired) electrons. The van der Waals surface area contributed by atoms with Crippen molar-refractivity contribution >= 4 is 11.6 Å². The molecule has 0 unspecified atom stereocenters. The average Bonchev–Trinajstić information content (AvgIpc) is 3.02. The van der Waals surface area contributed by atoms with Gasteiger partial charge in [-0.2, -0.15) is 5.10 Å². The SMILES string of the molecule is COc1ccc(-c2n[nH]c(C)c2NC(=O)Cc2ccccn2)cc1OC. The van der Waals surface area contributed by atoms with Gasteiger partial charge in [0, 0.05) is 17.5 Å². The van der Waals surface area contributed by atoms with Crippen molar-refractivity contribution in [2.45, 2.75) is 13.3 Å². The van der Waals surface area contributed by atoms with Crippen LogP contribution in [-0.2, 0) is 11.2 Å². The van der Waals surface area contributed by atoms with E-state index in [1.165, 1.54) is 0 Å². The highest BCUT2D eigenvalue weighted by Crippen LogP contribution is 2.35. The van der Waals surface area contributed by atoms with Crippen LogP contribution in [0.1, 0.15) is 11.4 Å². The van der Waals surface area contributed by atoms with Crippen molar-refractivity contribution in [3.05, 3.63) is 54.0 Å². The second-order valence-corrected chi connectivity index (χ2v) is 5.69. The summed E-state index contributed by atoms with van der Waals surface area (Å²) in [6.45, 7) is 1.85. The quantitative estimate of drug-likeness (QED) is 0.712. The van der Waals surface area contributed by atoms with Gasteiger partial charge in [0.15, 0.2) is 11.5 Å². The molecule has 3 aromatic rings. The number of amides is 1. The Balaban J connectivity index is 1.86. The van der Waals surface area contributed by atoms with Crippen LogP contribution < -0.4 is 14.8 Å². The minimum absolute atomic E-state index is 0.157. The van der Waals surface area contributed by atoms with Crippen molar-refractivity contribution in [2.75, 3.05) is 19.5 Å². The molecule has 134 valence electrons. The molecule has 0 aliphatic carbocycles. The lowest BCUT2D eigenvalue weighted by Gasteiger charge is -2.10. The summed E-state index contributed by atoms with van der Waals surface area (Å²) in [7, 11) is 3.16. The first-order valence-electron chi connectivity index (χ1n) is 8.09. The van der Waals surface area contributed by atoms with Crippen LogP contribution in [-0.4, -0.2) is 35.3 Å². The van der Waals surface area contributed by atoms with Crippen LogP contribution in [0, 0.1) is 6.92 Å². The number of H-pyrrole nitrogens is 1. The summed E-state index contributed by atoms with van der Waals surface area (Å²) in [5, 5.41) is 10.2. The normalized spacial score (nSPS) is 10.4. The van der Waals surface area contributed by atoms with E-state index in [9.17, 15) is 4.79 Å². The summed E-state index contributed by atoms with van der Waals surface area (Å²) in [5.74, 6) is 1.07. The third kappa shape index (κ3) is 3.66. The van der Waals surface area contributed by atoms with Crippen LogP contribution in [0.2, 0.25) is 0 Å². The average molecular weight is 352 g/mol. The number of carbonyl (C=O) groups excluding carboxylic acids is 1. The lowest BCUT2D eigenvalue weighted by atomic mass is 10.1. The third-order valence-electron chi connectivity index (χ3n) is 3.94. The maximum atomic E-state index is 12.4. The van der Waals surface area contributed by atoms with Crippen molar-refractivity contribution in [1.29, 1.82) is 0 Å². The van der Waals surface area contributed by atoms with E-state index in [1.54, 1.807) is 26.5 Å². The lowest BCUT2D eigenvalue weighted by molar-refractivity contribution is -0.115. The van der Waals surface area contributed by atoms with E-state index >= 15 is 0 Å². The van der Waals surface area contributed by atoms with Crippen molar-refractivity contribution in [1.82, 2.24) is 15.2 Å². The molecule has 7 nitrogen and oxygen atoms in total. The molecule has 2 heterocycles. The van der Waals surface area contributed by atoms with Crippen molar-refractivity contribution in [3.63, 3.8) is 0 Å². The fraction of sp³-hybridized carbons (Fsp3) is 0.211. The Kier molecular flexibility index (Phi) is 5.17. The molecule has 0 fully saturated rings. The van der Waals surface area contributed by atoms with Gasteiger partial charge in [-0.3, -0.25) is 14.9 Å². The van der Waals surface area contributed by atoms with Gasteiger partial charge in [0.2, 0.25) is 5.91 Å². The van der Waals surface area contributed by atoms with E-state index in [2.05, 4.69) is 20.5 Å². The molecule has 0 spiro atoms. The number of nitrogens with zero attached hydrogens (tertiary/aromatic N) is 2. The van der Waals surface area contributed by atoms with Crippen LogP contribution in [0.5, 0.6) is 11.5 Å². The topological polar surface area (TPSA) is 89.1 Å². The minimum atomic E-state index is -0.157. The number of benzene rings is 1. The van der Waals surface area contributed by atoms with E-state index in [-0.39, 0.29) is 12.3 Å². The number of anilines is 1. The Labute approximate surface area is 151 Å². The van der Waals surface area contributed by atoms with Gasteiger partial charge in [-0.1, -0.05) is 6.07 Å². The van der Waals surface area contributed by atoms with E-state index in [0.717, 1.165) is 11.3 Å². The zero-order chi connectivity index (χ0) is 18.5. The standard InChI is InChI=1S/C19H20N4O3/c1-12-18(21-17(24)11-14-6-4-5-9-20-14)19(23-22-12)13-7-8-15(25-2)16(10-13)26-3/h4-10H,11H2,1-3H3,(H,21,24)(H,22,23). The molecule has 0 bridgehead atoms. The first-order valence-corrected chi connectivity index (χ1v) is 8.09. The number of nitrogens with one attached hydrogen (secondary N) is 2. The predicted molar refractivity (Wildman–Crippen MR) is 98.4 cm³/mol. The number of aromatic amines is 1. The van der Waals surface area contributed by atoms with Crippen LogP contribution in [0.3, 0.4) is 0 Å². The second-order valence-electron chi connectivity index (χ2n) is 5.69. The molecule has 1 amide bonds. The highest BCUT2D eigenvalue weighted by atomic mass is 16.5. The predicted octanol–water partition coefficient (Wildman–Crippen LogP) is 2.98. The number of hydrogen-bond acceptors (Lipinski definition) is 5. The summed E-state index contributed by atoms with van der Waals surface area (Å²) < 4.78 is 10.6. The smallest absolute Gasteiger partial charge is 0.230 e. The minimum Gasteiger partial charge on any atom is -0.493 e. The van der Waals surface area contributed by atoms with E-state index < -0.39 is 0 Å². The molecule has 26 heavy (non-hydrogen) atoms. The molecule has 0 saturated heterocycles. The van der Waals surface area contributed by atoms with Gasteiger partial charge in [0.25, 0.3) is 0 Å². The van der Waals surface area contributed by atoms with Gasteiger partial charge >= 0.3 is 0 Å². The molecule has 1 aromatic carbocycles. The molecule has 0 aliphatic rings. The van der Waals surface area contributed by atoms with Gasteiger partial charge in [-0.15, -0.1) is 0 Å². The highest BCUT2D eigenvalue weighted by Gasteiger charge is 2.17. The number of methoxy groups -OCH3 is 2. The number of ether oxygens (including phenoxy) is 2. The van der Waals surface area contributed by atoms with E-state index in [0.29, 0.717) is 28.6 Å². The van der Waals surface area contributed by atoms with Gasteiger partial charge in [0.1, 0.15) is 5.69 Å². The fourth-order valence-electron chi connectivity index (χ4n) is 2.63.